The highest BCUT2D eigenvalue weighted by atomic mass is 35.5. The molecule has 0 N–H and O–H groups in total. The van der Waals surface area contributed by atoms with E-state index >= 15 is 4.39 Å². The molecular formula is C31H38ClFN6O3. The Balaban J connectivity index is 1.45. The second-order valence-corrected chi connectivity index (χ2v) is 12.6. The molecule has 1 aromatic carbocycles. The number of amides is 2. The van der Waals surface area contributed by atoms with Crippen LogP contribution in [0.25, 0.3) is 11.3 Å². The van der Waals surface area contributed by atoms with Crippen LogP contribution in [0.2, 0.25) is 5.02 Å². The number of aromatic nitrogens is 1. The lowest BCUT2D eigenvalue weighted by atomic mass is 9.93. The Bertz CT molecular complexity index is 1410. The number of piperazine rings is 2. The Morgan fingerprint density at radius 1 is 1.14 bits per heavy atom. The zero-order valence-electron chi connectivity index (χ0n) is 24.5. The van der Waals surface area contributed by atoms with E-state index in [1.807, 2.05) is 0 Å². The fourth-order valence-corrected chi connectivity index (χ4v) is 7.31. The predicted molar refractivity (Wildman–Crippen MR) is 161 cm³/mol. The molecule has 11 heteroatoms. The average Bonchev–Trinajstić information content (AvgIpc) is 3.21. The standard InChI is InChI=1S/C31H38ClFN6O3/c1-5-24(40)37-16-17-38-20(18-37)19-42-28-25(30(38)41)29(34-27(26(28)32)21-8-6-7-9-22(21)33)39-11-10-23(31(39,2)3)36-14-12-35(4)13-15-36/h5-9,20,23H,1,10-19H2,2-4H3/t20-,23?/m1/s1. The highest BCUT2D eigenvalue weighted by Gasteiger charge is 2.48. The molecule has 3 fully saturated rings. The third-order valence-corrected chi connectivity index (χ3v) is 9.79. The molecule has 0 aliphatic carbocycles. The van der Waals surface area contributed by atoms with Crippen molar-refractivity contribution in [2.45, 2.75) is 37.9 Å². The Labute approximate surface area is 251 Å². The largest absolute Gasteiger partial charge is 0.489 e. The van der Waals surface area contributed by atoms with Crippen LogP contribution in [-0.2, 0) is 4.79 Å². The molecule has 224 valence electrons. The minimum Gasteiger partial charge on any atom is -0.489 e. The van der Waals surface area contributed by atoms with Gasteiger partial charge in [0.2, 0.25) is 5.91 Å². The molecule has 1 unspecified atom stereocenters. The zero-order valence-corrected chi connectivity index (χ0v) is 25.2. The van der Waals surface area contributed by atoms with Gasteiger partial charge in [0.05, 0.1) is 17.3 Å². The smallest absolute Gasteiger partial charge is 0.261 e. The molecule has 42 heavy (non-hydrogen) atoms. The number of halogens is 2. The van der Waals surface area contributed by atoms with Gasteiger partial charge in [0, 0.05) is 64.0 Å². The van der Waals surface area contributed by atoms with Gasteiger partial charge >= 0.3 is 0 Å². The SMILES string of the molecule is C=CC(=O)N1CCN2C(=O)c3c(N4CCC(N5CCN(C)CC5)C4(C)C)nc(-c4ccccc4F)c(Cl)c3OC[C@H]2C1. The van der Waals surface area contributed by atoms with Crippen LogP contribution in [0.1, 0.15) is 30.6 Å². The number of carbonyl (C=O) groups excluding carboxylic acids is 2. The summed E-state index contributed by atoms with van der Waals surface area (Å²) >= 11 is 6.95. The van der Waals surface area contributed by atoms with E-state index in [-0.39, 0.29) is 58.1 Å². The molecule has 4 aliphatic rings. The van der Waals surface area contributed by atoms with E-state index in [0.717, 1.165) is 32.6 Å². The highest BCUT2D eigenvalue weighted by molar-refractivity contribution is 6.35. The van der Waals surface area contributed by atoms with Crippen molar-refractivity contribution in [2.24, 2.45) is 0 Å². The molecular weight excluding hydrogens is 559 g/mol. The van der Waals surface area contributed by atoms with E-state index in [2.05, 4.69) is 42.2 Å². The summed E-state index contributed by atoms with van der Waals surface area (Å²) < 4.78 is 21.5. The summed E-state index contributed by atoms with van der Waals surface area (Å²) in [5.74, 6) is -0.185. The van der Waals surface area contributed by atoms with E-state index < -0.39 is 5.82 Å². The number of fused-ring (bicyclic) bond motifs is 2. The molecule has 3 saturated heterocycles. The van der Waals surface area contributed by atoms with Crippen LogP contribution in [0, 0.1) is 5.82 Å². The van der Waals surface area contributed by atoms with E-state index in [0.29, 0.717) is 37.6 Å². The maximum Gasteiger partial charge on any atom is 0.261 e. The molecule has 6 rings (SSSR count). The highest BCUT2D eigenvalue weighted by Crippen LogP contribution is 2.47. The molecule has 4 aliphatic heterocycles. The van der Waals surface area contributed by atoms with Crippen molar-refractivity contribution in [1.82, 2.24) is 24.6 Å². The summed E-state index contributed by atoms with van der Waals surface area (Å²) in [5, 5.41) is 0.110. The number of hydrogen-bond acceptors (Lipinski definition) is 7. The Kier molecular flexibility index (Phi) is 7.66. The number of pyridine rings is 1. The number of ether oxygens (including phenoxy) is 1. The first-order valence-corrected chi connectivity index (χ1v) is 15.0. The molecule has 2 amide bonds. The van der Waals surface area contributed by atoms with E-state index in [1.54, 1.807) is 28.0 Å². The van der Waals surface area contributed by atoms with Crippen molar-refractivity contribution in [3.05, 3.63) is 53.3 Å². The lowest BCUT2D eigenvalue weighted by molar-refractivity contribution is -0.128. The van der Waals surface area contributed by atoms with Crippen LogP contribution >= 0.6 is 11.6 Å². The predicted octanol–water partition coefficient (Wildman–Crippen LogP) is 3.38. The fraction of sp³-hybridized carbons (Fsp3) is 0.516. The lowest BCUT2D eigenvalue weighted by Gasteiger charge is -2.45. The van der Waals surface area contributed by atoms with Gasteiger partial charge in [-0.2, -0.15) is 0 Å². The van der Waals surface area contributed by atoms with Gasteiger partial charge in [-0.1, -0.05) is 30.3 Å². The first-order valence-electron chi connectivity index (χ1n) is 14.7. The molecule has 0 spiro atoms. The monoisotopic (exact) mass is 596 g/mol. The minimum absolute atomic E-state index is 0.110. The number of rotatable bonds is 4. The lowest BCUT2D eigenvalue weighted by Crippen LogP contribution is -2.58. The molecule has 0 bridgehead atoms. The van der Waals surface area contributed by atoms with Crippen LogP contribution < -0.4 is 9.64 Å². The van der Waals surface area contributed by atoms with Crippen molar-refractivity contribution in [3.8, 4) is 17.0 Å². The third-order valence-electron chi connectivity index (χ3n) is 9.44. The second-order valence-electron chi connectivity index (χ2n) is 12.2. The number of benzene rings is 1. The average molecular weight is 597 g/mol. The number of carbonyl (C=O) groups is 2. The van der Waals surface area contributed by atoms with Crippen molar-refractivity contribution in [1.29, 1.82) is 0 Å². The van der Waals surface area contributed by atoms with Crippen LogP contribution in [0.4, 0.5) is 10.2 Å². The van der Waals surface area contributed by atoms with Gasteiger partial charge < -0.3 is 24.3 Å². The zero-order chi connectivity index (χ0) is 29.8. The van der Waals surface area contributed by atoms with Gasteiger partial charge in [-0.3, -0.25) is 14.5 Å². The quantitative estimate of drug-likeness (QED) is 0.501. The normalized spacial score (nSPS) is 24.6. The number of anilines is 1. The third kappa shape index (κ3) is 4.83. The second kappa shape index (κ2) is 11.1. The van der Waals surface area contributed by atoms with Crippen molar-refractivity contribution in [2.75, 3.05) is 70.9 Å². The van der Waals surface area contributed by atoms with Gasteiger partial charge in [0.15, 0.2) is 5.75 Å². The molecule has 0 radical (unpaired) electrons. The molecule has 5 heterocycles. The van der Waals surface area contributed by atoms with E-state index in [1.165, 1.54) is 12.1 Å². The van der Waals surface area contributed by atoms with Crippen LogP contribution in [0.3, 0.4) is 0 Å². The number of nitrogens with zero attached hydrogens (tertiary/aromatic N) is 6. The number of likely N-dealkylation sites (N-methyl/N-ethyl adjacent to an activating group) is 1. The Hall–Kier alpha value is -3.21. The van der Waals surface area contributed by atoms with Crippen molar-refractivity contribution in [3.63, 3.8) is 0 Å². The topological polar surface area (TPSA) is 72.5 Å². The summed E-state index contributed by atoms with van der Waals surface area (Å²) in [6.45, 7) is 13.9. The van der Waals surface area contributed by atoms with Gasteiger partial charge in [-0.25, -0.2) is 9.37 Å². The summed E-state index contributed by atoms with van der Waals surface area (Å²) in [6, 6.07) is 6.26. The molecule has 2 aromatic rings. The first kappa shape index (κ1) is 28.9. The fourth-order valence-electron chi connectivity index (χ4n) is 7.02. The van der Waals surface area contributed by atoms with Crippen LogP contribution in [0.5, 0.6) is 5.75 Å². The van der Waals surface area contributed by atoms with E-state index in [9.17, 15) is 9.59 Å². The van der Waals surface area contributed by atoms with Gasteiger partial charge in [-0.05, 0) is 45.5 Å². The Morgan fingerprint density at radius 2 is 1.88 bits per heavy atom. The Morgan fingerprint density at radius 3 is 2.60 bits per heavy atom. The molecule has 1 aromatic heterocycles. The van der Waals surface area contributed by atoms with Crippen LogP contribution in [-0.4, -0.2) is 120 Å². The summed E-state index contributed by atoms with van der Waals surface area (Å²) in [6.07, 6.45) is 2.19. The molecule has 0 saturated carbocycles. The minimum atomic E-state index is -0.454. The van der Waals surface area contributed by atoms with E-state index in [4.69, 9.17) is 21.3 Å². The molecule has 2 atom stereocenters. The molecule has 9 nitrogen and oxygen atoms in total. The van der Waals surface area contributed by atoms with Crippen molar-refractivity contribution >= 4 is 29.2 Å². The first-order chi connectivity index (χ1) is 20.1. The van der Waals surface area contributed by atoms with Gasteiger partial charge in [-0.15, -0.1) is 0 Å². The summed E-state index contributed by atoms with van der Waals surface area (Å²) in [5.41, 5.74) is 0.426. The number of hydrogen-bond donors (Lipinski definition) is 0. The van der Waals surface area contributed by atoms with Gasteiger partial charge in [0.1, 0.15) is 28.8 Å². The summed E-state index contributed by atoms with van der Waals surface area (Å²) in [4.78, 5) is 42.3. The maximum absolute atomic E-state index is 15.2. The van der Waals surface area contributed by atoms with Gasteiger partial charge in [0.25, 0.3) is 5.91 Å². The maximum atomic E-state index is 15.2. The summed E-state index contributed by atoms with van der Waals surface area (Å²) in [7, 11) is 2.15. The van der Waals surface area contributed by atoms with Crippen molar-refractivity contribution < 1.29 is 18.7 Å². The van der Waals surface area contributed by atoms with Crippen LogP contribution in [0.15, 0.2) is 36.9 Å².